The predicted octanol–water partition coefficient (Wildman–Crippen LogP) is 3.07. The highest BCUT2D eigenvalue weighted by atomic mass is 35.5. The standard InChI is InChI=1S/C13H18ClNO2/c1-9(14)11-3-6-15(7-4-11)13(16)12-5-8-17-10(12)2/h5,8-9,11H,3-4,6-7H2,1-2H3. The van der Waals surface area contributed by atoms with Crippen molar-refractivity contribution in [3.8, 4) is 0 Å². The van der Waals surface area contributed by atoms with Crippen LogP contribution in [0.2, 0.25) is 0 Å². The Bertz CT molecular complexity index is 392. The molecule has 0 aliphatic carbocycles. The number of rotatable bonds is 2. The van der Waals surface area contributed by atoms with Gasteiger partial charge in [-0.05, 0) is 38.7 Å². The zero-order valence-electron chi connectivity index (χ0n) is 10.3. The van der Waals surface area contributed by atoms with Crippen LogP contribution in [0.15, 0.2) is 16.7 Å². The van der Waals surface area contributed by atoms with E-state index in [9.17, 15) is 4.79 Å². The maximum atomic E-state index is 12.2. The average molecular weight is 256 g/mol. The Morgan fingerprint density at radius 2 is 2.18 bits per heavy atom. The molecule has 1 unspecified atom stereocenters. The fourth-order valence-corrected chi connectivity index (χ4v) is 2.59. The number of piperidine rings is 1. The first-order valence-electron chi connectivity index (χ1n) is 6.07. The summed E-state index contributed by atoms with van der Waals surface area (Å²) in [4.78, 5) is 14.1. The number of carbonyl (C=O) groups excluding carboxylic acids is 1. The first-order chi connectivity index (χ1) is 8.09. The molecule has 2 heterocycles. The Hall–Kier alpha value is -0.960. The zero-order valence-corrected chi connectivity index (χ0v) is 11.0. The van der Waals surface area contributed by atoms with Crippen molar-refractivity contribution in [2.45, 2.75) is 32.1 Å². The lowest BCUT2D eigenvalue weighted by molar-refractivity contribution is 0.0688. The van der Waals surface area contributed by atoms with Gasteiger partial charge in [-0.1, -0.05) is 0 Å². The van der Waals surface area contributed by atoms with Crippen LogP contribution in [0.25, 0.3) is 0 Å². The summed E-state index contributed by atoms with van der Waals surface area (Å²) in [6.07, 6.45) is 3.55. The fourth-order valence-electron chi connectivity index (χ4n) is 2.34. The second-order valence-corrected chi connectivity index (χ2v) is 5.39. The van der Waals surface area contributed by atoms with Gasteiger partial charge in [-0.2, -0.15) is 0 Å². The molecule has 1 atom stereocenters. The summed E-state index contributed by atoms with van der Waals surface area (Å²) in [7, 11) is 0. The molecule has 1 amide bonds. The highest BCUT2D eigenvalue weighted by Crippen LogP contribution is 2.25. The molecular formula is C13H18ClNO2. The molecule has 4 heteroatoms. The Labute approximate surface area is 107 Å². The summed E-state index contributed by atoms with van der Waals surface area (Å²) in [6, 6.07) is 1.74. The van der Waals surface area contributed by atoms with Crippen molar-refractivity contribution in [3.63, 3.8) is 0 Å². The molecule has 1 aliphatic heterocycles. The van der Waals surface area contributed by atoms with Crippen LogP contribution in [-0.4, -0.2) is 29.3 Å². The minimum absolute atomic E-state index is 0.0805. The molecule has 0 bridgehead atoms. The Morgan fingerprint density at radius 1 is 1.53 bits per heavy atom. The molecule has 1 aromatic rings. The third-order valence-corrected chi connectivity index (χ3v) is 3.92. The van der Waals surface area contributed by atoms with Crippen molar-refractivity contribution in [1.29, 1.82) is 0 Å². The second-order valence-electron chi connectivity index (χ2n) is 4.70. The molecule has 1 aromatic heterocycles. The van der Waals surface area contributed by atoms with Crippen molar-refractivity contribution in [3.05, 3.63) is 23.7 Å². The van der Waals surface area contributed by atoms with E-state index < -0.39 is 0 Å². The molecule has 1 aliphatic rings. The summed E-state index contributed by atoms with van der Waals surface area (Å²) < 4.78 is 5.17. The fraction of sp³-hybridized carbons (Fsp3) is 0.615. The van der Waals surface area contributed by atoms with Crippen LogP contribution in [0.3, 0.4) is 0 Å². The van der Waals surface area contributed by atoms with Gasteiger partial charge in [-0.3, -0.25) is 4.79 Å². The Morgan fingerprint density at radius 3 is 2.65 bits per heavy atom. The SMILES string of the molecule is Cc1occc1C(=O)N1CCC(C(C)Cl)CC1. The van der Waals surface area contributed by atoms with Gasteiger partial charge in [0.15, 0.2) is 0 Å². The van der Waals surface area contributed by atoms with E-state index in [1.54, 1.807) is 12.3 Å². The molecule has 0 aromatic carbocycles. The molecule has 1 saturated heterocycles. The van der Waals surface area contributed by atoms with E-state index in [2.05, 4.69) is 0 Å². The van der Waals surface area contributed by atoms with E-state index in [-0.39, 0.29) is 11.3 Å². The highest BCUT2D eigenvalue weighted by molar-refractivity contribution is 6.20. The van der Waals surface area contributed by atoms with Crippen LogP contribution >= 0.6 is 11.6 Å². The number of likely N-dealkylation sites (tertiary alicyclic amines) is 1. The predicted molar refractivity (Wildman–Crippen MR) is 67.4 cm³/mol. The third-order valence-electron chi connectivity index (χ3n) is 3.57. The maximum Gasteiger partial charge on any atom is 0.257 e. The molecule has 0 spiro atoms. The molecule has 17 heavy (non-hydrogen) atoms. The topological polar surface area (TPSA) is 33.5 Å². The molecule has 94 valence electrons. The van der Waals surface area contributed by atoms with E-state index in [1.165, 1.54) is 0 Å². The van der Waals surface area contributed by atoms with E-state index >= 15 is 0 Å². The number of hydrogen-bond acceptors (Lipinski definition) is 2. The normalized spacial score (nSPS) is 19.4. The molecule has 1 fully saturated rings. The first-order valence-corrected chi connectivity index (χ1v) is 6.50. The largest absolute Gasteiger partial charge is 0.469 e. The van der Waals surface area contributed by atoms with Gasteiger partial charge in [0.25, 0.3) is 5.91 Å². The number of halogens is 1. The van der Waals surface area contributed by atoms with Gasteiger partial charge in [0, 0.05) is 18.5 Å². The molecule has 0 saturated carbocycles. The summed E-state index contributed by atoms with van der Waals surface area (Å²) in [5.41, 5.74) is 0.683. The van der Waals surface area contributed by atoms with Crippen LogP contribution in [-0.2, 0) is 0 Å². The van der Waals surface area contributed by atoms with E-state index in [0.29, 0.717) is 17.2 Å². The number of amides is 1. The van der Waals surface area contributed by atoms with E-state index in [1.807, 2.05) is 18.7 Å². The minimum Gasteiger partial charge on any atom is -0.469 e. The summed E-state index contributed by atoms with van der Waals surface area (Å²) in [5, 5.41) is 0.197. The quantitative estimate of drug-likeness (QED) is 0.761. The number of nitrogens with zero attached hydrogens (tertiary/aromatic N) is 1. The van der Waals surface area contributed by atoms with Crippen molar-refractivity contribution < 1.29 is 9.21 Å². The van der Waals surface area contributed by atoms with Gasteiger partial charge < -0.3 is 9.32 Å². The van der Waals surface area contributed by atoms with Crippen LogP contribution in [0.4, 0.5) is 0 Å². The number of furan rings is 1. The van der Waals surface area contributed by atoms with Gasteiger partial charge >= 0.3 is 0 Å². The first kappa shape index (κ1) is 12.5. The molecule has 0 N–H and O–H groups in total. The van der Waals surface area contributed by atoms with Gasteiger partial charge in [0.2, 0.25) is 0 Å². The molecular weight excluding hydrogens is 238 g/mol. The van der Waals surface area contributed by atoms with Crippen molar-refractivity contribution in [2.24, 2.45) is 5.92 Å². The molecule has 0 radical (unpaired) electrons. The van der Waals surface area contributed by atoms with Crippen LogP contribution in [0, 0.1) is 12.8 Å². The van der Waals surface area contributed by atoms with E-state index in [0.717, 1.165) is 25.9 Å². The summed E-state index contributed by atoms with van der Waals surface area (Å²) in [6.45, 7) is 5.45. The lowest BCUT2D eigenvalue weighted by Gasteiger charge is -2.33. The lowest BCUT2D eigenvalue weighted by Crippen LogP contribution is -2.40. The number of hydrogen-bond donors (Lipinski definition) is 0. The van der Waals surface area contributed by atoms with Gasteiger partial charge in [0.1, 0.15) is 5.76 Å². The Balaban J connectivity index is 1.98. The molecule has 3 nitrogen and oxygen atoms in total. The van der Waals surface area contributed by atoms with Gasteiger partial charge in [-0.15, -0.1) is 11.6 Å². The highest BCUT2D eigenvalue weighted by Gasteiger charge is 2.27. The van der Waals surface area contributed by atoms with Gasteiger partial charge in [0.05, 0.1) is 11.8 Å². The monoisotopic (exact) mass is 255 g/mol. The summed E-state index contributed by atoms with van der Waals surface area (Å²) in [5.74, 6) is 1.31. The van der Waals surface area contributed by atoms with Crippen molar-refractivity contribution in [1.82, 2.24) is 4.90 Å². The third kappa shape index (κ3) is 2.65. The van der Waals surface area contributed by atoms with E-state index in [4.69, 9.17) is 16.0 Å². The smallest absolute Gasteiger partial charge is 0.257 e. The van der Waals surface area contributed by atoms with Crippen molar-refractivity contribution >= 4 is 17.5 Å². The minimum atomic E-state index is 0.0805. The summed E-state index contributed by atoms with van der Waals surface area (Å²) >= 11 is 6.09. The molecule has 2 rings (SSSR count). The second kappa shape index (κ2) is 5.13. The average Bonchev–Trinajstić information content (AvgIpc) is 2.74. The van der Waals surface area contributed by atoms with Crippen molar-refractivity contribution in [2.75, 3.05) is 13.1 Å². The van der Waals surface area contributed by atoms with Crippen LogP contribution < -0.4 is 0 Å². The lowest BCUT2D eigenvalue weighted by atomic mass is 9.93. The number of alkyl halides is 1. The maximum absolute atomic E-state index is 12.2. The van der Waals surface area contributed by atoms with Crippen LogP contribution in [0.5, 0.6) is 0 Å². The van der Waals surface area contributed by atoms with Gasteiger partial charge in [-0.25, -0.2) is 0 Å². The van der Waals surface area contributed by atoms with Crippen LogP contribution in [0.1, 0.15) is 35.9 Å². The zero-order chi connectivity index (χ0) is 12.4. The number of aryl methyl sites for hydroxylation is 1. The number of carbonyl (C=O) groups is 1. The Kier molecular flexibility index (Phi) is 3.77.